The van der Waals surface area contributed by atoms with Gasteiger partial charge in [-0.3, -0.25) is 4.68 Å². The van der Waals surface area contributed by atoms with Gasteiger partial charge in [0.25, 0.3) is 0 Å². The molecule has 0 radical (unpaired) electrons. The Labute approximate surface area is 193 Å². The van der Waals surface area contributed by atoms with Gasteiger partial charge in [-0.2, -0.15) is 5.10 Å². The summed E-state index contributed by atoms with van der Waals surface area (Å²) >= 11 is 0. The Bertz CT molecular complexity index is 1330. The zero-order valence-corrected chi connectivity index (χ0v) is 19.3. The van der Waals surface area contributed by atoms with E-state index in [0.717, 1.165) is 58.9 Å². The molecule has 3 heterocycles. The highest BCUT2D eigenvalue weighted by Gasteiger charge is 2.24. The Morgan fingerprint density at radius 2 is 1.82 bits per heavy atom. The molecular formula is C26H28N6O. The second-order valence-electron chi connectivity index (χ2n) is 8.43. The number of carbonyl (C=O) groups excluding carboxylic acids is 1. The molecule has 1 saturated heterocycles. The van der Waals surface area contributed by atoms with Crippen molar-refractivity contribution < 1.29 is 4.79 Å². The molecule has 0 bridgehead atoms. The number of likely N-dealkylation sites (N-methyl/N-ethyl adjacent to an activating group) is 1. The van der Waals surface area contributed by atoms with Gasteiger partial charge in [0.15, 0.2) is 0 Å². The van der Waals surface area contributed by atoms with E-state index in [9.17, 15) is 4.79 Å². The minimum Gasteiger partial charge on any atom is -0.326 e. The van der Waals surface area contributed by atoms with Gasteiger partial charge < -0.3 is 14.4 Å². The lowest BCUT2D eigenvalue weighted by atomic mass is 10.1. The van der Waals surface area contributed by atoms with Gasteiger partial charge in [-0.25, -0.2) is 9.78 Å². The molecule has 0 N–H and O–H groups in total. The molecule has 2 aromatic carbocycles. The first-order valence-electron chi connectivity index (χ1n) is 11.3. The van der Waals surface area contributed by atoms with E-state index in [1.807, 2.05) is 35.9 Å². The molecule has 0 spiro atoms. The molecule has 7 heteroatoms. The minimum absolute atomic E-state index is 0.0999. The average molecular weight is 441 g/mol. The molecule has 0 atom stereocenters. The summed E-state index contributed by atoms with van der Waals surface area (Å²) in [6, 6.07) is 16.8. The monoisotopic (exact) mass is 440 g/mol. The van der Waals surface area contributed by atoms with E-state index in [4.69, 9.17) is 4.98 Å². The lowest BCUT2D eigenvalue weighted by Crippen LogP contribution is -2.28. The summed E-state index contributed by atoms with van der Waals surface area (Å²) in [7, 11) is 3.80. The third-order valence-corrected chi connectivity index (χ3v) is 6.30. The van der Waals surface area contributed by atoms with Crippen molar-refractivity contribution in [2.24, 2.45) is 7.05 Å². The normalized spacial score (nSPS) is 14.3. The minimum atomic E-state index is 0.0999. The van der Waals surface area contributed by atoms with Gasteiger partial charge in [-0.05, 0) is 36.3 Å². The lowest BCUT2D eigenvalue weighted by molar-refractivity contribution is 0.197. The highest BCUT2D eigenvalue weighted by Crippen LogP contribution is 2.29. The third kappa shape index (κ3) is 3.91. The van der Waals surface area contributed by atoms with Gasteiger partial charge in [0, 0.05) is 52.0 Å². The zero-order chi connectivity index (χ0) is 22.9. The van der Waals surface area contributed by atoms with Gasteiger partial charge >= 0.3 is 6.03 Å². The first kappa shape index (κ1) is 21.0. The smallest absolute Gasteiger partial charge is 0.320 e. The zero-order valence-electron chi connectivity index (χ0n) is 19.3. The van der Waals surface area contributed by atoms with Gasteiger partial charge in [0.2, 0.25) is 0 Å². The summed E-state index contributed by atoms with van der Waals surface area (Å²) in [5.74, 6) is 0.928. The number of benzene rings is 2. The number of aromatic nitrogens is 4. The average Bonchev–Trinajstić information content (AvgIpc) is 3.51. The fourth-order valence-electron chi connectivity index (χ4n) is 4.44. The topological polar surface area (TPSA) is 59.2 Å². The number of carbonyl (C=O) groups is 1. The molecule has 4 aromatic rings. The summed E-state index contributed by atoms with van der Waals surface area (Å²) in [6.07, 6.45) is 5.98. The van der Waals surface area contributed by atoms with Crippen molar-refractivity contribution in [2.75, 3.05) is 20.1 Å². The molecule has 1 aliphatic rings. The van der Waals surface area contributed by atoms with Crippen LogP contribution in [0.4, 0.5) is 4.79 Å². The predicted molar refractivity (Wildman–Crippen MR) is 131 cm³/mol. The summed E-state index contributed by atoms with van der Waals surface area (Å²) in [5.41, 5.74) is 6.48. The summed E-state index contributed by atoms with van der Waals surface area (Å²) < 4.78 is 4.11. The molecule has 2 aromatic heterocycles. The number of hydrogen-bond acceptors (Lipinski definition) is 3. The van der Waals surface area contributed by atoms with Crippen LogP contribution in [0.3, 0.4) is 0 Å². The van der Waals surface area contributed by atoms with Crippen LogP contribution in [0.2, 0.25) is 0 Å². The van der Waals surface area contributed by atoms with Crippen LogP contribution in [-0.2, 0) is 20.1 Å². The van der Waals surface area contributed by atoms with Crippen LogP contribution in [0.15, 0.2) is 54.7 Å². The van der Waals surface area contributed by atoms with Crippen LogP contribution < -0.4 is 0 Å². The van der Waals surface area contributed by atoms with Gasteiger partial charge in [-0.1, -0.05) is 42.5 Å². The van der Waals surface area contributed by atoms with Gasteiger partial charge in [0.1, 0.15) is 5.82 Å². The molecule has 33 heavy (non-hydrogen) atoms. The number of para-hydroxylation sites is 1. The van der Waals surface area contributed by atoms with E-state index in [1.165, 1.54) is 0 Å². The Balaban J connectivity index is 1.40. The molecule has 0 unspecified atom stereocenters. The van der Waals surface area contributed by atoms with Crippen molar-refractivity contribution in [1.29, 1.82) is 0 Å². The van der Waals surface area contributed by atoms with Gasteiger partial charge in [-0.15, -0.1) is 0 Å². The van der Waals surface area contributed by atoms with E-state index < -0.39 is 0 Å². The van der Waals surface area contributed by atoms with Crippen LogP contribution in [-0.4, -0.2) is 55.3 Å². The maximum absolute atomic E-state index is 12.1. The first-order chi connectivity index (χ1) is 16.0. The lowest BCUT2D eigenvalue weighted by Gasteiger charge is -2.15. The number of rotatable bonds is 6. The SMILES string of the molecule is CCn1c(/C=C/c2ccc(CN3CCN(C)C3=O)cc2)nc2c(-c3ccnn3C)cccc21. The van der Waals surface area contributed by atoms with E-state index >= 15 is 0 Å². The number of nitrogens with zero attached hydrogens (tertiary/aromatic N) is 6. The largest absolute Gasteiger partial charge is 0.326 e. The molecule has 0 aliphatic carbocycles. The maximum atomic E-state index is 12.1. The van der Waals surface area contributed by atoms with Crippen LogP contribution in [0.1, 0.15) is 23.9 Å². The Morgan fingerprint density at radius 3 is 2.48 bits per heavy atom. The molecule has 7 nitrogen and oxygen atoms in total. The Hall–Kier alpha value is -3.87. The highest BCUT2D eigenvalue weighted by atomic mass is 16.2. The maximum Gasteiger partial charge on any atom is 0.320 e. The molecular weight excluding hydrogens is 412 g/mol. The molecule has 1 aliphatic heterocycles. The van der Waals surface area contributed by atoms with Crippen molar-refractivity contribution >= 4 is 29.2 Å². The van der Waals surface area contributed by atoms with Crippen molar-refractivity contribution in [3.05, 3.63) is 71.7 Å². The van der Waals surface area contributed by atoms with Crippen LogP contribution in [0.5, 0.6) is 0 Å². The van der Waals surface area contributed by atoms with Crippen LogP contribution >= 0.6 is 0 Å². The number of amides is 2. The molecule has 2 amide bonds. The van der Waals surface area contributed by atoms with E-state index in [2.05, 4.69) is 71.2 Å². The van der Waals surface area contributed by atoms with Crippen molar-refractivity contribution in [1.82, 2.24) is 29.1 Å². The van der Waals surface area contributed by atoms with E-state index in [1.54, 1.807) is 4.90 Å². The van der Waals surface area contributed by atoms with Crippen LogP contribution in [0.25, 0.3) is 34.4 Å². The van der Waals surface area contributed by atoms with Crippen molar-refractivity contribution in [3.63, 3.8) is 0 Å². The fourth-order valence-corrected chi connectivity index (χ4v) is 4.44. The number of fused-ring (bicyclic) bond motifs is 1. The summed E-state index contributed by atoms with van der Waals surface area (Å²) in [5, 5.41) is 4.32. The Kier molecular flexibility index (Phi) is 5.46. The van der Waals surface area contributed by atoms with Crippen LogP contribution in [0, 0.1) is 0 Å². The summed E-state index contributed by atoms with van der Waals surface area (Å²) in [6.45, 7) is 5.20. The van der Waals surface area contributed by atoms with Gasteiger partial charge in [0.05, 0.1) is 16.7 Å². The summed E-state index contributed by atoms with van der Waals surface area (Å²) in [4.78, 5) is 20.7. The standard InChI is InChI=1S/C26H28N6O/c1-4-32-23-7-5-6-21(22-14-15-27-30(22)3)25(23)28-24(32)13-12-19-8-10-20(11-9-19)18-31-17-16-29(2)26(31)33/h5-15H,4,16-18H2,1-3H3/b13-12+. The number of aryl methyl sites for hydroxylation is 2. The number of urea groups is 1. The number of imidazole rings is 1. The second-order valence-corrected chi connectivity index (χ2v) is 8.43. The highest BCUT2D eigenvalue weighted by molar-refractivity contribution is 5.92. The molecule has 0 saturated carbocycles. The Morgan fingerprint density at radius 1 is 1.00 bits per heavy atom. The first-order valence-corrected chi connectivity index (χ1v) is 11.3. The number of hydrogen-bond donors (Lipinski definition) is 0. The van der Waals surface area contributed by atoms with Crippen molar-refractivity contribution in [3.8, 4) is 11.3 Å². The molecule has 5 rings (SSSR count). The second kappa shape index (κ2) is 8.58. The predicted octanol–water partition coefficient (Wildman–Crippen LogP) is 4.49. The van der Waals surface area contributed by atoms with E-state index in [-0.39, 0.29) is 6.03 Å². The van der Waals surface area contributed by atoms with Crippen molar-refractivity contribution in [2.45, 2.75) is 20.0 Å². The molecule has 168 valence electrons. The quantitative estimate of drug-likeness (QED) is 0.444. The fraction of sp³-hybridized carbons (Fsp3) is 0.269. The van der Waals surface area contributed by atoms with E-state index in [0.29, 0.717) is 6.54 Å². The third-order valence-electron chi connectivity index (χ3n) is 6.30. The molecule has 1 fully saturated rings.